The van der Waals surface area contributed by atoms with E-state index in [0.717, 1.165) is 37.3 Å². The molecule has 1 aromatic carbocycles. The summed E-state index contributed by atoms with van der Waals surface area (Å²) in [4.78, 5) is 2.42. The van der Waals surface area contributed by atoms with Crippen molar-refractivity contribution in [3.63, 3.8) is 0 Å². The van der Waals surface area contributed by atoms with E-state index >= 15 is 0 Å². The fourth-order valence-electron chi connectivity index (χ4n) is 3.38. The lowest BCUT2D eigenvalue weighted by Gasteiger charge is -2.43. The van der Waals surface area contributed by atoms with E-state index < -0.39 is 0 Å². The molecule has 2 aliphatic rings. The summed E-state index contributed by atoms with van der Waals surface area (Å²) in [5.74, 6) is 0.415. The number of piperazine rings is 1. The van der Waals surface area contributed by atoms with Gasteiger partial charge in [0.25, 0.3) is 0 Å². The van der Waals surface area contributed by atoms with Crippen LogP contribution < -0.4 is 5.32 Å². The van der Waals surface area contributed by atoms with Gasteiger partial charge in [-0.1, -0.05) is 24.1 Å². The summed E-state index contributed by atoms with van der Waals surface area (Å²) in [5.41, 5.74) is 1.71. The first kappa shape index (κ1) is 14.3. The third-order valence-corrected chi connectivity index (χ3v) is 5.26. The van der Waals surface area contributed by atoms with Gasteiger partial charge in [-0.25, -0.2) is 4.39 Å². The maximum Gasteiger partial charge on any atom is 0.129 e. The molecule has 2 nitrogen and oxygen atoms in total. The van der Waals surface area contributed by atoms with Crippen LogP contribution in [-0.4, -0.2) is 31.1 Å². The Morgan fingerprint density at radius 2 is 2.00 bits per heavy atom. The van der Waals surface area contributed by atoms with E-state index in [1.807, 2.05) is 6.92 Å². The lowest BCUT2D eigenvalue weighted by atomic mass is 9.76. The van der Waals surface area contributed by atoms with Crippen LogP contribution in [0.4, 0.5) is 4.39 Å². The van der Waals surface area contributed by atoms with Gasteiger partial charge in [0, 0.05) is 37.8 Å². The minimum atomic E-state index is -0.143. The topological polar surface area (TPSA) is 15.3 Å². The van der Waals surface area contributed by atoms with Crippen LogP contribution in [0.2, 0.25) is 5.02 Å². The Bertz CT molecular complexity index is 482. The van der Waals surface area contributed by atoms with Gasteiger partial charge in [0.15, 0.2) is 0 Å². The van der Waals surface area contributed by atoms with Gasteiger partial charge in [0.2, 0.25) is 0 Å². The van der Waals surface area contributed by atoms with Gasteiger partial charge >= 0.3 is 0 Å². The van der Waals surface area contributed by atoms with E-state index in [0.29, 0.717) is 10.9 Å². The van der Waals surface area contributed by atoms with Crippen LogP contribution in [0.1, 0.15) is 36.4 Å². The van der Waals surface area contributed by atoms with Crippen molar-refractivity contribution in [3.05, 3.63) is 34.1 Å². The van der Waals surface area contributed by atoms with Crippen LogP contribution in [0.5, 0.6) is 0 Å². The van der Waals surface area contributed by atoms with Gasteiger partial charge in [0.1, 0.15) is 5.82 Å². The zero-order valence-electron chi connectivity index (χ0n) is 12.0. The van der Waals surface area contributed by atoms with Crippen molar-refractivity contribution in [1.29, 1.82) is 0 Å². The van der Waals surface area contributed by atoms with Crippen molar-refractivity contribution in [1.82, 2.24) is 10.2 Å². The van der Waals surface area contributed by atoms with Crippen molar-refractivity contribution in [2.24, 2.45) is 5.92 Å². The minimum absolute atomic E-state index is 0.143. The predicted molar refractivity (Wildman–Crippen MR) is 80.7 cm³/mol. The maximum absolute atomic E-state index is 14.4. The number of aryl methyl sites for hydroxylation is 1. The van der Waals surface area contributed by atoms with Crippen LogP contribution in [0.25, 0.3) is 0 Å². The first-order chi connectivity index (χ1) is 9.68. The van der Waals surface area contributed by atoms with Crippen molar-refractivity contribution in [3.8, 4) is 0 Å². The summed E-state index contributed by atoms with van der Waals surface area (Å²) < 4.78 is 14.4. The number of hydrogen-bond donors (Lipinski definition) is 1. The summed E-state index contributed by atoms with van der Waals surface area (Å²) in [5, 5.41) is 3.99. The average molecular weight is 297 g/mol. The molecule has 0 spiro atoms. The van der Waals surface area contributed by atoms with Crippen molar-refractivity contribution < 1.29 is 4.39 Å². The van der Waals surface area contributed by atoms with Gasteiger partial charge in [0.05, 0.1) is 5.02 Å². The summed E-state index contributed by atoms with van der Waals surface area (Å²) in [6, 6.07) is 3.50. The number of benzene rings is 1. The molecule has 20 heavy (non-hydrogen) atoms. The third kappa shape index (κ3) is 2.59. The molecule has 110 valence electrons. The molecule has 1 aliphatic heterocycles. The second-order valence-electron chi connectivity index (χ2n) is 6.01. The van der Waals surface area contributed by atoms with Crippen molar-refractivity contribution in [2.75, 3.05) is 26.2 Å². The highest BCUT2D eigenvalue weighted by Gasteiger charge is 2.36. The second-order valence-corrected chi connectivity index (χ2v) is 6.39. The Balaban J connectivity index is 1.98. The molecule has 1 aliphatic carbocycles. The fourth-order valence-corrected chi connectivity index (χ4v) is 3.65. The molecule has 1 N–H and O–H groups in total. The van der Waals surface area contributed by atoms with Gasteiger partial charge in [-0.2, -0.15) is 0 Å². The monoisotopic (exact) mass is 296 g/mol. The van der Waals surface area contributed by atoms with Gasteiger partial charge < -0.3 is 5.32 Å². The normalized spacial score (nSPS) is 22.6. The molecule has 0 bridgehead atoms. The van der Waals surface area contributed by atoms with Crippen LogP contribution in [0.3, 0.4) is 0 Å². The zero-order chi connectivity index (χ0) is 14.1. The quantitative estimate of drug-likeness (QED) is 0.918. The minimum Gasteiger partial charge on any atom is -0.314 e. The Morgan fingerprint density at radius 3 is 2.60 bits per heavy atom. The first-order valence-electron chi connectivity index (χ1n) is 7.57. The van der Waals surface area contributed by atoms with Crippen LogP contribution in [0.15, 0.2) is 12.1 Å². The molecule has 1 saturated carbocycles. The van der Waals surface area contributed by atoms with Crippen molar-refractivity contribution >= 4 is 11.6 Å². The molecule has 1 saturated heterocycles. The van der Waals surface area contributed by atoms with Gasteiger partial charge in [-0.3, -0.25) is 4.90 Å². The standard InChI is InChI=1S/C16H22ClFN2/c1-11-5-6-13(18)14(15(11)17)16(12-3-2-4-12)20-9-7-19-8-10-20/h5-6,12,16,19H,2-4,7-10H2,1H3/t16-/m0/s1. The van der Waals surface area contributed by atoms with E-state index in [2.05, 4.69) is 10.2 Å². The molecule has 1 aromatic rings. The highest BCUT2D eigenvalue weighted by Crippen LogP contribution is 2.45. The van der Waals surface area contributed by atoms with E-state index in [4.69, 9.17) is 11.6 Å². The predicted octanol–water partition coefficient (Wildman–Crippen LogP) is 3.53. The van der Waals surface area contributed by atoms with Crippen LogP contribution in [0, 0.1) is 18.7 Å². The molecule has 0 amide bonds. The number of halogens is 2. The molecule has 2 fully saturated rings. The number of nitrogens with zero attached hydrogens (tertiary/aromatic N) is 1. The van der Waals surface area contributed by atoms with E-state index in [1.165, 1.54) is 19.3 Å². The lowest BCUT2D eigenvalue weighted by Crippen LogP contribution is -2.48. The Hall–Kier alpha value is -0.640. The number of nitrogens with one attached hydrogen (secondary N) is 1. The molecule has 1 heterocycles. The highest BCUT2D eigenvalue weighted by molar-refractivity contribution is 6.32. The molecular formula is C16H22ClFN2. The summed E-state index contributed by atoms with van der Waals surface area (Å²) in [6.07, 6.45) is 3.65. The molecule has 0 aromatic heterocycles. The second kappa shape index (κ2) is 6.00. The molecular weight excluding hydrogens is 275 g/mol. The molecule has 4 heteroatoms. The smallest absolute Gasteiger partial charge is 0.129 e. The largest absolute Gasteiger partial charge is 0.314 e. The Labute approximate surface area is 125 Å². The molecule has 0 unspecified atom stereocenters. The fraction of sp³-hybridized carbons (Fsp3) is 0.625. The van der Waals surface area contributed by atoms with Gasteiger partial charge in [-0.05, 0) is 37.3 Å². The van der Waals surface area contributed by atoms with Crippen LogP contribution in [-0.2, 0) is 0 Å². The van der Waals surface area contributed by atoms with E-state index in [9.17, 15) is 4.39 Å². The number of hydrogen-bond acceptors (Lipinski definition) is 2. The average Bonchev–Trinajstić information content (AvgIpc) is 2.41. The van der Waals surface area contributed by atoms with Crippen LogP contribution >= 0.6 is 11.6 Å². The number of rotatable bonds is 3. The Kier molecular flexibility index (Phi) is 4.29. The van der Waals surface area contributed by atoms with Crippen molar-refractivity contribution in [2.45, 2.75) is 32.2 Å². The highest BCUT2D eigenvalue weighted by atomic mass is 35.5. The first-order valence-corrected chi connectivity index (χ1v) is 7.95. The zero-order valence-corrected chi connectivity index (χ0v) is 12.7. The van der Waals surface area contributed by atoms with E-state index in [1.54, 1.807) is 12.1 Å². The summed E-state index contributed by atoms with van der Waals surface area (Å²) in [7, 11) is 0. The summed E-state index contributed by atoms with van der Waals surface area (Å²) in [6.45, 7) is 5.87. The van der Waals surface area contributed by atoms with Gasteiger partial charge in [-0.15, -0.1) is 0 Å². The lowest BCUT2D eigenvalue weighted by molar-refractivity contribution is 0.0812. The molecule has 1 atom stereocenters. The summed E-state index contributed by atoms with van der Waals surface area (Å²) >= 11 is 6.46. The molecule has 3 rings (SSSR count). The molecule has 0 radical (unpaired) electrons. The van der Waals surface area contributed by atoms with E-state index in [-0.39, 0.29) is 11.9 Å². The third-order valence-electron chi connectivity index (χ3n) is 4.76. The SMILES string of the molecule is Cc1ccc(F)c([C@H](C2CCC2)N2CCNCC2)c1Cl. The maximum atomic E-state index is 14.4. The Morgan fingerprint density at radius 1 is 1.30 bits per heavy atom.